The Morgan fingerprint density at radius 2 is 1.85 bits per heavy atom. The van der Waals surface area contributed by atoms with Gasteiger partial charge >= 0.3 is 6.09 Å². The molecule has 210 valence electrons. The Hall–Kier alpha value is -3.31. The molecule has 2 aromatic rings. The van der Waals surface area contributed by atoms with E-state index in [1.165, 1.54) is 23.5 Å². The minimum absolute atomic E-state index is 0.0260. The summed E-state index contributed by atoms with van der Waals surface area (Å²) >= 11 is 1.72. The van der Waals surface area contributed by atoms with E-state index in [2.05, 4.69) is 17.3 Å². The summed E-state index contributed by atoms with van der Waals surface area (Å²) in [7, 11) is 3.75. The number of hydrogen-bond acceptors (Lipinski definition) is 8. The molecule has 0 saturated carbocycles. The average molecular weight is 557 g/mol. The van der Waals surface area contributed by atoms with Crippen LogP contribution >= 0.6 is 11.8 Å². The molecule has 2 fully saturated rings. The lowest BCUT2D eigenvalue weighted by Gasteiger charge is -2.24. The Bertz CT molecular complexity index is 1130. The first-order valence-corrected chi connectivity index (χ1v) is 14.3. The van der Waals surface area contributed by atoms with Crippen LogP contribution in [0, 0.1) is 10.1 Å². The van der Waals surface area contributed by atoms with E-state index < -0.39 is 17.1 Å². The SMILES string of the molecule is COc1ccc(CS[C@H]2C[C@@H](C(=O)NCCC3CCCN3C)N(C(=O)OCc3ccc([N+](=O)[O-])cc3)C2)cc1. The number of amides is 2. The number of likely N-dealkylation sites (tertiary alicyclic amines) is 2. The second kappa shape index (κ2) is 13.7. The number of hydrogen-bond donors (Lipinski definition) is 1. The predicted octanol–water partition coefficient (Wildman–Crippen LogP) is 4.22. The molecule has 4 rings (SSSR count). The van der Waals surface area contributed by atoms with E-state index >= 15 is 0 Å². The van der Waals surface area contributed by atoms with Crippen molar-refractivity contribution in [1.82, 2.24) is 15.1 Å². The van der Waals surface area contributed by atoms with Crippen LogP contribution in [0.3, 0.4) is 0 Å². The van der Waals surface area contributed by atoms with Gasteiger partial charge in [0.05, 0.1) is 12.0 Å². The molecule has 0 aliphatic carbocycles. The van der Waals surface area contributed by atoms with Crippen LogP contribution in [0.1, 0.15) is 36.8 Å². The molecule has 10 nitrogen and oxygen atoms in total. The van der Waals surface area contributed by atoms with Gasteiger partial charge < -0.3 is 19.7 Å². The van der Waals surface area contributed by atoms with Crippen molar-refractivity contribution in [3.63, 3.8) is 0 Å². The molecule has 0 aromatic heterocycles. The van der Waals surface area contributed by atoms with E-state index in [-0.39, 0.29) is 23.5 Å². The van der Waals surface area contributed by atoms with E-state index in [0.29, 0.717) is 31.1 Å². The van der Waals surface area contributed by atoms with Crippen molar-refractivity contribution >= 4 is 29.4 Å². The Kier molecular flexibility index (Phi) is 10.0. The van der Waals surface area contributed by atoms with Crippen LogP contribution < -0.4 is 10.1 Å². The van der Waals surface area contributed by atoms with Gasteiger partial charge in [-0.3, -0.25) is 19.8 Å². The van der Waals surface area contributed by atoms with Gasteiger partial charge in [0, 0.05) is 42.3 Å². The van der Waals surface area contributed by atoms with Crippen molar-refractivity contribution in [2.75, 3.05) is 33.8 Å². The van der Waals surface area contributed by atoms with E-state index in [1.54, 1.807) is 31.0 Å². The molecular formula is C28H36N4O6S. The van der Waals surface area contributed by atoms with Crippen LogP contribution in [0.4, 0.5) is 10.5 Å². The highest BCUT2D eigenvalue weighted by Gasteiger charge is 2.40. The fourth-order valence-electron chi connectivity index (χ4n) is 5.07. The largest absolute Gasteiger partial charge is 0.497 e. The Labute approximate surface area is 233 Å². The van der Waals surface area contributed by atoms with Gasteiger partial charge in [0.2, 0.25) is 5.91 Å². The molecule has 1 N–H and O–H groups in total. The van der Waals surface area contributed by atoms with Crippen LogP contribution in [0.25, 0.3) is 0 Å². The molecule has 11 heteroatoms. The van der Waals surface area contributed by atoms with E-state index in [1.807, 2.05) is 24.3 Å². The Morgan fingerprint density at radius 3 is 2.49 bits per heavy atom. The van der Waals surface area contributed by atoms with Gasteiger partial charge in [0.25, 0.3) is 5.69 Å². The smallest absolute Gasteiger partial charge is 0.410 e. The van der Waals surface area contributed by atoms with Gasteiger partial charge in [-0.1, -0.05) is 12.1 Å². The molecule has 3 atom stereocenters. The number of carbonyl (C=O) groups is 2. The van der Waals surface area contributed by atoms with Crippen molar-refractivity contribution in [3.05, 3.63) is 69.8 Å². The first-order valence-electron chi connectivity index (χ1n) is 13.2. The molecule has 39 heavy (non-hydrogen) atoms. The normalized spacial score (nSPS) is 21.1. The zero-order chi connectivity index (χ0) is 27.8. The van der Waals surface area contributed by atoms with Crippen LogP contribution in [0.2, 0.25) is 0 Å². The Balaban J connectivity index is 1.35. The predicted molar refractivity (Wildman–Crippen MR) is 150 cm³/mol. The first kappa shape index (κ1) is 28.7. The summed E-state index contributed by atoms with van der Waals surface area (Å²) in [6, 6.07) is 13.6. The van der Waals surface area contributed by atoms with Gasteiger partial charge in [-0.25, -0.2) is 4.79 Å². The number of nitro benzene ring substituents is 1. The molecule has 0 spiro atoms. The molecular weight excluding hydrogens is 520 g/mol. The van der Waals surface area contributed by atoms with Crippen molar-refractivity contribution in [2.24, 2.45) is 0 Å². The minimum Gasteiger partial charge on any atom is -0.497 e. The maximum absolute atomic E-state index is 13.2. The summed E-state index contributed by atoms with van der Waals surface area (Å²) in [6.45, 7) is 2.03. The van der Waals surface area contributed by atoms with Gasteiger partial charge in [-0.15, -0.1) is 0 Å². The van der Waals surface area contributed by atoms with Crippen molar-refractivity contribution in [1.29, 1.82) is 0 Å². The average Bonchev–Trinajstić information content (AvgIpc) is 3.57. The molecule has 2 aromatic carbocycles. The molecule has 0 bridgehead atoms. The maximum Gasteiger partial charge on any atom is 0.410 e. The van der Waals surface area contributed by atoms with Crippen molar-refractivity contribution < 1.29 is 24.0 Å². The first-order chi connectivity index (χ1) is 18.8. The lowest BCUT2D eigenvalue weighted by Crippen LogP contribution is -2.46. The number of thioether (sulfide) groups is 1. The quantitative estimate of drug-likeness (QED) is 0.323. The zero-order valence-electron chi connectivity index (χ0n) is 22.4. The van der Waals surface area contributed by atoms with Gasteiger partial charge in [-0.2, -0.15) is 11.8 Å². The van der Waals surface area contributed by atoms with E-state index in [4.69, 9.17) is 9.47 Å². The van der Waals surface area contributed by atoms with E-state index in [9.17, 15) is 19.7 Å². The number of methoxy groups -OCH3 is 1. The van der Waals surface area contributed by atoms with Gasteiger partial charge in [0.15, 0.2) is 0 Å². The summed E-state index contributed by atoms with van der Waals surface area (Å²) in [5, 5.41) is 14.0. The monoisotopic (exact) mass is 556 g/mol. The molecule has 2 saturated heterocycles. The number of carbonyl (C=O) groups excluding carboxylic acids is 2. The van der Waals surface area contributed by atoms with Crippen LogP contribution in [-0.2, 0) is 21.9 Å². The third kappa shape index (κ3) is 7.86. The van der Waals surface area contributed by atoms with Crippen LogP contribution in [0.15, 0.2) is 48.5 Å². The molecule has 2 aliphatic heterocycles. The van der Waals surface area contributed by atoms with Crippen molar-refractivity contribution in [3.8, 4) is 5.75 Å². The maximum atomic E-state index is 13.2. The lowest BCUT2D eigenvalue weighted by molar-refractivity contribution is -0.384. The highest BCUT2D eigenvalue weighted by Crippen LogP contribution is 2.31. The summed E-state index contributed by atoms with van der Waals surface area (Å²) in [6.07, 6.45) is 3.19. The zero-order valence-corrected chi connectivity index (χ0v) is 23.2. The Morgan fingerprint density at radius 1 is 1.13 bits per heavy atom. The van der Waals surface area contributed by atoms with Crippen molar-refractivity contribution in [2.45, 2.75) is 55.4 Å². The molecule has 1 unspecified atom stereocenters. The number of rotatable bonds is 11. The third-order valence-corrected chi connectivity index (χ3v) is 8.72. The van der Waals surface area contributed by atoms with Gasteiger partial charge in [0.1, 0.15) is 18.4 Å². The van der Waals surface area contributed by atoms with E-state index in [0.717, 1.165) is 36.5 Å². The molecule has 2 heterocycles. The number of benzene rings is 2. The number of nitro groups is 1. The number of nitrogens with zero attached hydrogens (tertiary/aromatic N) is 3. The number of nitrogens with one attached hydrogen (secondary N) is 1. The summed E-state index contributed by atoms with van der Waals surface area (Å²) in [5.41, 5.74) is 1.75. The summed E-state index contributed by atoms with van der Waals surface area (Å²) < 4.78 is 10.8. The number of ether oxygens (including phenoxy) is 2. The fourth-order valence-corrected chi connectivity index (χ4v) is 6.28. The highest BCUT2D eigenvalue weighted by molar-refractivity contribution is 7.99. The molecule has 0 radical (unpaired) electrons. The number of non-ortho nitro benzene ring substituents is 1. The van der Waals surface area contributed by atoms with Crippen LogP contribution in [0.5, 0.6) is 5.75 Å². The fraction of sp³-hybridized carbons (Fsp3) is 0.500. The molecule has 2 aliphatic rings. The van der Waals surface area contributed by atoms with Gasteiger partial charge in [-0.05, 0) is 74.7 Å². The topological polar surface area (TPSA) is 114 Å². The second-order valence-corrected chi connectivity index (χ2v) is 11.3. The summed E-state index contributed by atoms with van der Waals surface area (Å²) in [5.74, 6) is 1.39. The third-order valence-electron chi connectivity index (χ3n) is 7.40. The molecule has 2 amide bonds. The minimum atomic E-state index is -0.607. The van der Waals surface area contributed by atoms with Crippen LogP contribution in [-0.4, -0.2) is 77.8 Å². The second-order valence-electron chi connectivity index (χ2n) is 10.0. The standard InChI is InChI=1S/C28H36N4O6S/c1-30-15-3-4-22(30)13-14-29-27(33)26-16-25(39-19-21-7-11-24(37-2)12-8-21)17-31(26)28(34)38-18-20-5-9-23(10-6-20)32(35)36/h5-12,22,25-26H,3-4,13-19H2,1-2H3,(H,29,33)/t22?,25-,26-/m0/s1. The summed E-state index contributed by atoms with van der Waals surface area (Å²) in [4.78, 5) is 40.6. The lowest BCUT2D eigenvalue weighted by atomic mass is 10.1. The highest BCUT2D eigenvalue weighted by atomic mass is 32.2.